The normalized spacial score (nSPS) is 13.1. The van der Waals surface area contributed by atoms with Crippen molar-refractivity contribution in [2.75, 3.05) is 6.79 Å². The molecule has 0 bridgehead atoms. The average molecular weight is 437 g/mol. The summed E-state index contributed by atoms with van der Waals surface area (Å²) in [5, 5.41) is 9.61. The predicted octanol–water partition coefficient (Wildman–Crippen LogP) is 5.19. The minimum atomic E-state index is -0.302. The van der Waals surface area contributed by atoms with Crippen LogP contribution in [0.15, 0.2) is 64.4 Å². The van der Waals surface area contributed by atoms with Gasteiger partial charge in [-0.3, -0.25) is 4.57 Å². The summed E-state index contributed by atoms with van der Waals surface area (Å²) in [5.74, 6) is 2.41. The zero-order valence-electron chi connectivity index (χ0n) is 16.9. The van der Waals surface area contributed by atoms with Gasteiger partial charge < -0.3 is 13.9 Å². The van der Waals surface area contributed by atoms with Crippen LogP contribution in [0, 0.1) is 12.7 Å². The number of ether oxygens (including phenoxy) is 2. The summed E-state index contributed by atoms with van der Waals surface area (Å²) in [6, 6.07) is 15.0. The fourth-order valence-electron chi connectivity index (χ4n) is 3.63. The summed E-state index contributed by atoms with van der Waals surface area (Å²) in [6.07, 6.45) is 1.65. The molecule has 5 rings (SSSR count). The number of thioether (sulfide) groups is 1. The molecule has 8 heteroatoms. The van der Waals surface area contributed by atoms with E-state index in [0.29, 0.717) is 24.7 Å². The molecule has 0 unspecified atom stereocenters. The lowest BCUT2D eigenvalue weighted by molar-refractivity contribution is -0.0171. The summed E-state index contributed by atoms with van der Waals surface area (Å²) >= 11 is 1.50. The van der Waals surface area contributed by atoms with Gasteiger partial charge in [0.25, 0.3) is 0 Å². The van der Waals surface area contributed by atoms with Crippen molar-refractivity contribution in [1.29, 1.82) is 0 Å². The van der Waals surface area contributed by atoms with Gasteiger partial charge >= 0.3 is 0 Å². The van der Waals surface area contributed by atoms with E-state index in [9.17, 15) is 4.39 Å². The van der Waals surface area contributed by atoms with Crippen molar-refractivity contribution < 1.29 is 18.3 Å². The van der Waals surface area contributed by atoms with Crippen LogP contribution < -0.4 is 4.74 Å². The first-order valence-corrected chi connectivity index (χ1v) is 10.8. The van der Waals surface area contributed by atoms with E-state index in [0.717, 1.165) is 39.0 Å². The van der Waals surface area contributed by atoms with Crippen LogP contribution in [0.4, 0.5) is 4.39 Å². The van der Waals surface area contributed by atoms with Crippen LogP contribution in [-0.4, -0.2) is 21.6 Å². The highest BCUT2D eigenvalue weighted by atomic mass is 32.2. The highest BCUT2D eigenvalue weighted by molar-refractivity contribution is 7.98. The number of hydrogen-bond donors (Lipinski definition) is 0. The SMILES string of the molecule is Cc1occc1-c1nnc(SCc2cc(F)cc3c2OCOC3)n1Cc1ccccc1. The van der Waals surface area contributed by atoms with Crippen LogP contribution in [-0.2, 0) is 23.6 Å². The number of benzene rings is 2. The molecule has 0 fully saturated rings. The van der Waals surface area contributed by atoms with Gasteiger partial charge in [0, 0.05) is 16.9 Å². The van der Waals surface area contributed by atoms with E-state index in [2.05, 4.69) is 26.9 Å². The molecule has 0 radical (unpaired) electrons. The number of rotatable bonds is 6. The largest absolute Gasteiger partial charge is 0.469 e. The molecule has 1 aliphatic rings. The number of furan rings is 1. The van der Waals surface area contributed by atoms with Gasteiger partial charge in [-0.15, -0.1) is 10.2 Å². The number of hydrogen-bond acceptors (Lipinski definition) is 6. The minimum absolute atomic E-state index is 0.171. The van der Waals surface area contributed by atoms with E-state index in [1.165, 1.54) is 23.9 Å². The molecule has 0 amide bonds. The smallest absolute Gasteiger partial charge is 0.192 e. The maximum absolute atomic E-state index is 14.1. The molecule has 3 heterocycles. The number of nitrogens with zero attached hydrogens (tertiary/aromatic N) is 3. The summed E-state index contributed by atoms with van der Waals surface area (Å²) in [4.78, 5) is 0. The lowest BCUT2D eigenvalue weighted by Crippen LogP contribution is -2.13. The Balaban J connectivity index is 1.48. The monoisotopic (exact) mass is 437 g/mol. The Labute approximate surface area is 183 Å². The number of aryl methyl sites for hydroxylation is 1. The summed E-state index contributed by atoms with van der Waals surface area (Å²) in [5.41, 5.74) is 3.54. The van der Waals surface area contributed by atoms with Crippen molar-refractivity contribution in [1.82, 2.24) is 14.8 Å². The van der Waals surface area contributed by atoms with Gasteiger partial charge in [0.1, 0.15) is 17.3 Å². The third-order valence-corrected chi connectivity index (χ3v) is 6.12. The minimum Gasteiger partial charge on any atom is -0.469 e. The standard InChI is InChI=1S/C23H20FN3O3S/c1-15-20(7-8-29-15)22-25-26-23(27(22)11-16-5-3-2-4-6-16)31-13-18-10-19(24)9-17-12-28-14-30-21(17)18/h2-10H,11-14H2,1H3. The Morgan fingerprint density at radius 1 is 1.13 bits per heavy atom. The summed E-state index contributed by atoms with van der Waals surface area (Å²) in [6.45, 7) is 3.03. The Kier molecular flexibility index (Phi) is 5.48. The van der Waals surface area contributed by atoms with Crippen LogP contribution in [0.5, 0.6) is 5.75 Å². The van der Waals surface area contributed by atoms with Gasteiger partial charge in [0.15, 0.2) is 17.8 Å². The van der Waals surface area contributed by atoms with Crippen LogP contribution in [0.3, 0.4) is 0 Å². The maximum atomic E-state index is 14.1. The van der Waals surface area contributed by atoms with Crippen LogP contribution >= 0.6 is 11.8 Å². The van der Waals surface area contributed by atoms with Crippen molar-refractivity contribution >= 4 is 11.8 Å². The van der Waals surface area contributed by atoms with Crippen molar-refractivity contribution in [3.63, 3.8) is 0 Å². The van der Waals surface area contributed by atoms with Crippen molar-refractivity contribution in [3.05, 3.63) is 83.1 Å². The third kappa shape index (κ3) is 4.08. The molecular weight excluding hydrogens is 417 g/mol. The molecule has 0 N–H and O–H groups in total. The van der Waals surface area contributed by atoms with E-state index in [4.69, 9.17) is 13.9 Å². The molecule has 6 nitrogen and oxygen atoms in total. The topological polar surface area (TPSA) is 62.3 Å². The fourth-order valence-corrected chi connectivity index (χ4v) is 4.53. The number of fused-ring (bicyclic) bond motifs is 1. The lowest BCUT2D eigenvalue weighted by Gasteiger charge is -2.20. The second-order valence-electron chi connectivity index (χ2n) is 7.22. The predicted molar refractivity (Wildman–Crippen MR) is 114 cm³/mol. The molecule has 158 valence electrons. The molecule has 31 heavy (non-hydrogen) atoms. The lowest BCUT2D eigenvalue weighted by atomic mass is 10.1. The van der Waals surface area contributed by atoms with Gasteiger partial charge in [0.2, 0.25) is 0 Å². The summed E-state index contributed by atoms with van der Waals surface area (Å²) < 4.78 is 32.6. The van der Waals surface area contributed by atoms with E-state index in [1.54, 1.807) is 6.26 Å². The highest BCUT2D eigenvalue weighted by Gasteiger charge is 2.21. The average Bonchev–Trinajstić information content (AvgIpc) is 3.38. The molecule has 0 saturated heterocycles. The molecular formula is C23H20FN3O3S. The van der Waals surface area contributed by atoms with Crippen LogP contribution in [0.2, 0.25) is 0 Å². The molecule has 0 saturated carbocycles. The van der Waals surface area contributed by atoms with Crippen LogP contribution in [0.25, 0.3) is 11.4 Å². The van der Waals surface area contributed by atoms with E-state index >= 15 is 0 Å². The molecule has 4 aromatic rings. The number of halogens is 1. The quantitative estimate of drug-likeness (QED) is 0.387. The summed E-state index contributed by atoms with van der Waals surface area (Å²) in [7, 11) is 0. The molecule has 0 spiro atoms. The zero-order chi connectivity index (χ0) is 21.2. The first-order chi connectivity index (χ1) is 15.2. The number of aromatic nitrogens is 3. The molecule has 0 atom stereocenters. The van der Waals surface area contributed by atoms with E-state index < -0.39 is 0 Å². The van der Waals surface area contributed by atoms with E-state index in [-0.39, 0.29) is 12.6 Å². The highest BCUT2D eigenvalue weighted by Crippen LogP contribution is 2.35. The molecule has 2 aromatic heterocycles. The first-order valence-electron chi connectivity index (χ1n) is 9.85. The fraction of sp³-hybridized carbons (Fsp3) is 0.217. The van der Waals surface area contributed by atoms with Gasteiger partial charge in [-0.2, -0.15) is 0 Å². The third-order valence-electron chi connectivity index (χ3n) is 5.11. The molecule has 1 aliphatic heterocycles. The Hall–Kier alpha value is -3.10. The zero-order valence-corrected chi connectivity index (χ0v) is 17.7. The van der Waals surface area contributed by atoms with Gasteiger partial charge in [-0.25, -0.2) is 4.39 Å². The van der Waals surface area contributed by atoms with Gasteiger partial charge in [0.05, 0.1) is 25.0 Å². The van der Waals surface area contributed by atoms with Gasteiger partial charge in [-0.05, 0) is 30.7 Å². The molecule has 2 aromatic carbocycles. The first kappa shape index (κ1) is 19.8. The Bertz CT molecular complexity index is 1210. The van der Waals surface area contributed by atoms with Crippen molar-refractivity contribution in [2.45, 2.75) is 31.0 Å². The van der Waals surface area contributed by atoms with Crippen molar-refractivity contribution in [3.8, 4) is 17.1 Å². The maximum Gasteiger partial charge on any atom is 0.192 e. The Morgan fingerprint density at radius 2 is 2.00 bits per heavy atom. The second kappa shape index (κ2) is 8.56. The second-order valence-corrected chi connectivity index (χ2v) is 8.16. The molecule has 0 aliphatic carbocycles. The Morgan fingerprint density at radius 3 is 2.81 bits per heavy atom. The van der Waals surface area contributed by atoms with Gasteiger partial charge in [-0.1, -0.05) is 42.1 Å². The van der Waals surface area contributed by atoms with E-state index in [1.807, 2.05) is 31.2 Å². The van der Waals surface area contributed by atoms with Crippen molar-refractivity contribution in [2.24, 2.45) is 0 Å². The van der Waals surface area contributed by atoms with Crippen LogP contribution in [0.1, 0.15) is 22.5 Å².